The van der Waals surface area contributed by atoms with Crippen molar-refractivity contribution < 1.29 is 51.9 Å². The molecule has 11 rings (SSSR count). The monoisotopic (exact) mass is 1400 g/mol. The summed E-state index contributed by atoms with van der Waals surface area (Å²) in [6.45, 7) is 17.3. The number of benzene rings is 1. The van der Waals surface area contributed by atoms with Crippen LogP contribution in [-0.2, 0) is 42.7 Å². The molecule has 10 heterocycles. The van der Waals surface area contributed by atoms with Crippen LogP contribution in [0.15, 0.2) is 99.0 Å². The minimum atomic E-state index is -4.55. The maximum Gasteiger partial charge on any atom is 0.416 e. The van der Waals surface area contributed by atoms with Gasteiger partial charge in [0.25, 0.3) is 5.91 Å². The highest BCUT2D eigenvalue weighted by Crippen LogP contribution is 2.36. The van der Waals surface area contributed by atoms with E-state index < -0.39 is 28.8 Å². The second-order valence-electron chi connectivity index (χ2n) is 21.1. The molecule has 476 valence electrons. The largest absolute Gasteiger partial charge is 0.416 e. The number of aliphatic hydroxyl groups is 2. The number of carbonyl (C=O) groups excluding carboxylic acids is 1. The number of nitrogens with two attached hydrogens (primary N) is 1. The highest BCUT2D eigenvalue weighted by molar-refractivity contribution is 9.11. The standard InChI is InChI=1S/C29H31F3N4O4.C15H21BrN2O3.C10H13BrN2O.C6H7BrN2.3CH4/c1-19-24(15-23(18-33-19)35-27(37)20-3-2-4-22(13-20)29(30,31)32)21-14-26(36-7-11-40-12-8-36)25(34-17-21)16-28(38)5-9-39-10-6-28;16-12-9-14(18-3-7-21-8-4-18)13(17-11-12)10-15(19)1-5-20-6-2-15;1-8-10(6-9(11)7-12-8)13-2-4-14-5-3-13;1-4-6(8)2-5(7)3-9-4;;;/h2-4,13-15,17-18,38H,5-12,16H2,1H3,(H,35,37);9,11,19H,1-8,10H2;6-7H,2-5H2,1H3;2-3H,8H2,1H3;3*1H4. The van der Waals surface area contributed by atoms with Crippen molar-refractivity contribution in [3.8, 4) is 11.1 Å². The van der Waals surface area contributed by atoms with Crippen molar-refractivity contribution in [2.45, 2.75) is 99.0 Å². The van der Waals surface area contributed by atoms with Crippen molar-refractivity contribution in [1.29, 1.82) is 0 Å². The molecule has 0 unspecified atom stereocenters. The minimum Gasteiger partial charge on any atom is -0.397 e. The number of ether oxygens (including phenoxy) is 5. The summed E-state index contributed by atoms with van der Waals surface area (Å²) < 4.78 is 69.3. The number of morpholine rings is 3. The van der Waals surface area contributed by atoms with Crippen LogP contribution in [0.1, 0.15) is 92.4 Å². The van der Waals surface area contributed by atoms with E-state index in [0.29, 0.717) is 103 Å². The van der Waals surface area contributed by atoms with E-state index in [0.717, 1.165) is 129 Å². The van der Waals surface area contributed by atoms with E-state index in [2.05, 4.69) is 99.9 Å². The van der Waals surface area contributed by atoms with Crippen LogP contribution >= 0.6 is 47.8 Å². The Morgan fingerprint density at radius 1 is 0.563 bits per heavy atom. The molecule has 0 bridgehead atoms. The Kier molecular flexibility index (Phi) is 28.2. The molecule has 1 aromatic carbocycles. The van der Waals surface area contributed by atoms with Gasteiger partial charge in [-0.3, -0.25) is 29.7 Å². The molecule has 0 spiro atoms. The first-order chi connectivity index (χ1) is 40.2. The molecule has 87 heavy (non-hydrogen) atoms. The summed E-state index contributed by atoms with van der Waals surface area (Å²) in [5.41, 5.74) is 13.1. The Morgan fingerprint density at radius 3 is 1.48 bits per heavy atom. The van der Waals surface area contributed by atoms with Gasteiger partial charge in [0.15, 0.2) is 0 Å². The lowest BCUT2D eigenvalue weighted by atomic mass is 9.88. The number of halogens is 6. The summed E-state index contributed by atoms with van der Waals surface area (Å²) in [7, 11) is 0. The van der Waals surface area contributed by atoms with Crippen LogP contribution in [-0.4, -0.2) is 158 Å². The van der Waals surface area contributed by atoms with E-state index >= 15 is 0 Å². The summed E-state index contributed by atoms with van der Waals surface area (Å²) in [5.74, 6) is -0.671. The number of pyridine rings is 5. The van der Waals surface area contributed by atoms with Crippen LogP contribution in [0.4, 0.5) is 41.6 Å². The topological polar surface area (TPSA) is 216 Å². The van der Waals surface area contributed by atoms with E-state index in [9.17, 15) is 28.2 Å². The highest BCUT2D eigenvalue weighted by atomic mass is 79.9. The van der Waals surface area contributed by atoms with Crippen molar-refractivity contribution in [3.63, 3.8) is 0 Å². The van der Waals surface area contributed by atoms with Crippen molar-refractivity contribution in [2.75, 3.05) is 131 Å². The molecular weight excluding hydrogens is 1320 g/mol. The number of hydrogen-bond donors (Lipinski definition) is 4. The van der Waals surface area contributed by atoms with Crippen LogP contribution in [0.5, 0.6) is 0 Å². The number of aryl methyl sites for hydroxylation is 3. The lowest BCUT2D eigenvalue weighted by Crippen LogP contribution is -2.40. The molecule has 18 nitrogen and oxygen atoms in total. The lowest BCUT2D eigenvalue weighted by Gasteiger charge is -2.35. The van der Waals surface area contributed by atoms with Gasteiger partial charge in [-0.1, -0.05) is 28.3 Å². The summed E-state index contributed by atoms with van der Waals surface area (Å²) in [6.07, 6.45) is 7.41. The van der Waals surface area contributed by atoms with Crippen molar-refractivity contribution in [2.24, 2.45) is 0 Å². The Balaban J connectivity index is 0.000000244. The lowest BCUT2D eigenvalue weighted by molar-refractivity contribution is -0.137. The zero-order valence-corrected chi connectivity index (χ0v) is 52.2. The molecule has 5 saturated heterocycles. The molecule has 5 fully saturated rings. The predicted molar refractivity (Wildman–Crippen MR) is 348 cm³/mol. The van der Waals surface area contributed by atoms with Crippen molar-refractivity contribution >= 4 is 82.1 Å². The van der Waals surface area contributed by atoms with Gasteiger partial charge in [0, 0.05) is 139 Å². The quantitative estimate of drug-likeness (QED) is 0.100. The third-order valence-electron chi connectivity index (χ3n) is 15.0. The number of anilines is 5. The van der Waals surface area contributed by atoms with E-state index in [4.69, 9.17) is 34.4 Å². The number of aromatic nitrogens is 5. The van der Waals surface area contributed by atoms with Crippen LogP contribution < -0.4 is 25.8 Å². The van der Waals surface area contributed by atoms with Gasteiger partial charge in [-0.15, -0.1) is 0 Å². The third-order valence-corrected chi connectivity index (χ3v) is 16.3. The SMILES string of the molecule is C.C.C.Cc1ncc(Br)cc1N.Cc1ncc(Br)cc1N1CCOCC1.Cc1ncc(NC(=O)c2cccc(C(F)(F)F)c2)cc1-c1cnc(CC2(O)CCOCC2)c(N2CCOCC2)c1.OC1(Cc2ncc(Br)cc2N2CCOCC2)CCOCC1. The number of hydrogen-bond acceptors (Lipinski definition) is 17. The molecular formula is C63H84Br3F3N10O8. The Labute approximate surface area is 535 Å². The molecule has 1 amide bonds. The fourth-order valence-corrected chi connectivity index (χ4v) is 11.1. The van der Waals surface area contributed by atoms with Crippen LogP contribution in [0.25, 0.3) is 11.1 Å². The zero-order valence-electron chi connectivity index (χ0n) is 47.4. The molecule has 6 aromatic rings. The third kappa shape index (κ3) is 21.1. The number of rotatable bonds is 10. The fourth-order valence-electron chi connectivity index (χ4n) is 10.1. The number of nitrogens with one attached hydrogen (secondary N) is 1. The first-order valence-electron chi connectivity index (χ1n) is 27.9. The Hall–Kier alpha value is -5.41. The molecule has 5 aromatic heterocycles. The molecule has 0 aliphatic carbocycles. The Bertz CT molecular complexity index is 3140. The van der Waals surface area contributed by atoms with Gasteiger partial charge >= 0.3 is 6.18 Å². The second kappa shape index (κ2) is 34.0. The molecule has 24 heteroatoms. The van der Waals surface area contributed by atoms with Gasteiger partial charge in [-0.2, -0.15) is 13.2 Å². The molecule has 5 N–H and O–H groups in total. The first-order valence-corrected chi connectivity index (χ1v) is 30.3. The van der Waals surface area contributed by atoms with E-state index in [1.165, 1.54) is 24.0 Å². The second-order valence-corrected chi connectivity index (χ2v) is 23.9. The van der Waals surface area contributed by atoms with Crippen LogP contribution in [0, 0.1) is 20.8 Å². The van der Waals surface area contributed by atoms with Gasteiger partial charge in [-0.25, -0.2) is 0 Å². The highest BCUT2D eigenvalue weighted by Gasteiger charge is 2.35. The number of carbonyl (C=O) groups is 1. The summed E-state index contributed by atoms with van der Waals surface area (Å²) in [5, 5.41) is 24.6. The molecule has 0 saturated carbocycles. The number of amides is 1. The van der Waals surface area contributed by atoms with Gasteiger partial charge in [0.2, 0.25) is 0 Å². The maximum atomic E-state index is 13.1. The maximum absolute atomic E-state index is 13.1. The van der Waals surface area contributed by atoms with Gasteiger partial charge in [0.05, 0.1) is 114 Å². The van der Waals surface area contributed by atoms with Crippen LogP contribution in [0.2, 0.25) is 0 Å². The van der Waals surface area contributed by atoms with E-state index in [-0.39, 0.29) is 27.8 Å². The smallest absolute Gasteiger partial charge is 0.397 e. The van der Waals surface area contributed by atoms with Crippen molar-refractivity contribution in [3.05, 3.63) is 139 Å². The number of alkyl halides is 3. The van der Waals surface area contributed by atoms with E-state index in [1.807, 2.05) is 45.3 Å². The fraction of sp³-hybridized carbons (Fsp3) is 0.492. The zero-order chi connectivity index (χ0) is 59.9. The molecule has 5 aliphatic rings. The van der Waals surface area contributed by atoms with Gasteiger partial charge in [-0.05, 0) is 143 Å². The summed E-state index contributed by atoms with van der Waals surface area (Å²) in [6, 6.07) is 14.1. The molecule has 0 radical (unpaired) electrons. The molecule has 5 aliphatic heterocycles. The predicted octanol–water partition coefficient (Wildman–Crippen LogP) is 12.0. The van der Waals surface area contributed by atoms with Gasteiger partial charge in [0.1, 0.15) is 0 Å². The average molecular weight is 1410 g/mol. The number of nitrogen functional groups attached to an aromatic ring is 1. The summed E-state index contributed by atoms with van der Waals surface area (Å²) >= 11 is 10.2. The summed E-state index contributed by atoms with van der Waals surface area (Å²) in [4.78, 5) is 41.7. The first kappa shape index (κ1) is 72.3. The minimum absolute atomic E-state index is 0. The van der Waals surface area contributed by atoms with Crippen molar-refractivity contribution in [1.82, 2.24) is 24.9 Å². The number of nitrogens with zero attached hydrogens (tertiary/aromatic N) is 8. The molecule has 0 atom stereocenters. The van der Waals surface area contributed by atoms with Gasteiger partial charge < -0.3 is 59.6 Å². The normalized spacial score (nSPS) is 17.2. The van der Waals surface area contributed by atoms with E-state index in [1.54, 1.807) is 18.5 Å². The Morgan fingerprint density at radius 2 is 0.989 bits per heavy atom. The average Bonchev–Trinajstić information content (AvgIpc) is 3.71. The van der Waals surface area contributed by atoms with Crippen LogP contribution in [0.3, 0.4) is 0 Å².